The van der Waals surface area contributed by atoms with E-state index in [-0.39, 0.29) is 12.3 Å². The van der Waals surface area contributed by atoms with Crippen LogP contribution in [0, 0.1) is 0 Å². The van der Waals surface area contributed by atoms with E-state index < -0.39 is 0 Å². The van der Waals surface area contributed by atoms with E-state index in [1.165, 1.54) is 30.4 Å². The fourth-order valence-corrected chi connectivity index (χ4v) is 2.89. The summed E-state index contributed by atoms with van der Waals surface area (Å²) >= 11 is 0. The Morgan fingerprint density at radius 2 is 1.80 bits per heavy atom. The summed E-state index contributed by atoms with van der Waals surface area (Å²) in [6, 6.07) is 8.81. The van der Waals surface area contributed by atoms with Gasteiger partial charge in [0.15, 0.2) is 6.29 Å². The molecule has 0 heterocycles. The van der Waals surface area contributed by atoms with Gasteiger partial charge in [0.2, 0.25) is 0 Å². The van der Waals surface area contributed by atoms with E-state index in [1.54, 1.807) is 0 Å². The van der Waals surface area contributed by atoms with Gasteiger partial charge in [0.1, 0.15) is 0 Å². The van der Waals surface area contributed by atoms with Crippen LogP contribution in [-0.2, 0) is 9.47 Å². The molecular weight excluding hydrogens is 250 g/mol. The largest absolute Gasteiger partial charge is 0.351 e. The van der Waals surface area contributed by atoms with Gasteiger partial charge in [0, 0.05) is 13.2 Å². The van der Waals surface area contributed by atoms with Crippen LogP contribution in [-0.4, -0.2) is 26.6 Å². The zero-order valence-corrected chi connectivity index (χ0v) is 12.9. The van der Waals surface area contributed by atoms with Crippen LogP contribution in [0.15, 0.2) is 24.3 Å². The lowest BCUT2D eigenvalue weighted by Crippen LogP contribution is -2.35. The van der Waals surface area contributed by atoms with Gasteiger partial charge in [-0.25, -0.2) is 0 Å². The summed E-state index contributed by atoms with van der Waals surface area (Å²) in [7, 11) is 1.98. The van der Waals surface area contributed by atoms with Crippen molar-refractivity contribution in [3.8, 4) is 0 Å². The van der Waals surface area contributed by atoms with E-state index in [0.29, 0.717) is 19.1 Å². The van der Waals surface area contributed by atoms with Crippen molar-refractivity contribution in [1.29, 1.82) is 0 Å². The summed E-state index contributed by atoms with van der Waals surface area (Å²) < 4.78 is 11.6. The first-order chi connectivity index (χ1) is 9.81. The molecular formula is C17H27NO2. The second-order valence-electron chi connectivity index (χ2n) is 5.30. The van der Waals surface area contributed by atoms with Gasteiger partial charge in [-0.1, -0.05) is 30.7 Å². The Balaban J connectivity index is 2.25. The molecule has 0 saturated heterocycles. The highest BCUT2D eigenvalue weighted by atomic mass is 16.7. The van der Waals surface area contributed by atoms with Crippen molar-refractivity contribution < 1.29 is 9.47 Å². The highest BCUT2D eigenvalue weighted by Crippen LogP contribution is 2.40. The van der Waals surface area contributed by atoms with Crippen LogP contribution in [0.2, 0.25) is 0 Å². The van der Waals surface area contributed by atoms with Gasteiger partial charge in [-0.2, -0.15) is 0 Å². The first kappa shape index (κ1) is 15.5. The number of benzene rings is 1. The fourth-order valence-electron chi connectivity index (χ4n) is 2.89. The molecule has 0 aromatic heterocycles. The summed E-state index contributed by atoms with van der Waals surface area (Å²) in [6.45, 7) is 5.34. The molecule has 1 aromatic carbocycles. The summed E-state index contributed by atoms with van der Waals surface area (Å²) in [6.07, 6.45) is 3.74. The molecule has 3 heteroatoms. The van der Waals surface area contributed by atoms with Gasteiger partial charge in [-0.3, -0.25) is 0 Å². The SMILES string of the molecule is CCOC(OCC)C(NC)c1ccccc1C1CCC1. The minimum absolute atomic E-state index is 0.0895. The van der Waals surface area contributed by atoms with E-state index in [0.717, 1.165) is 0 Å². The Morgan fingerprint density at radius 3 is 2.30 bits per heavy atom. The quantitative estimate of drug-likeness (QED) is 0.736. The minimum Gasteiger partial charge on any atom is -0.351 e. The van der Waals surface area contributed by atoms with Gasteiger partial charge in [-0.05, 0) is 50.8 Å². The third kappa shape index (κ3) is 3.40. The number of nitrogens with one attached hydrogen (secondary N) is 1. The number of likely N-dealkylation sites (N-methyl/N-ethyl adjacent to an activating group) is 1. The molecule has 1 aliphatic rings. The van der Waals surface area contributed by atoms with E-state index >= 15 is 0 Å². The lowest BCUT2D eigenvalue weighted by atomic mass is 9.77. The second-order valence-corrected chi connectivity index (χ2v) is 5.30. The van der Waals surface area contributed by atoms with Crippen LogP contribution >= 0.6 is 0 Å². The molecule has 0 aliphatic heterocycles. The molecule has 1 fully saturated rings. The van der Waals surface area contributed by atoms with Crippen LogP contribution in [0.4, 0.5) is 0 Å². The number of ether oxygens (including phenoxy) is 2. The number of hydrogen-bond acceptors (Lipinski definition) is 3. The van der Waals surface area contributed by atoms with E-state index in [4.69, 9.17) is 9.47 Å². The van der Waals surface area contributed by atoms with Crippen molar-refractivity contribution in [2.24, 2.45) is 0 Å². The Morgan fingerprint density at radius 1 is 1.15 bits per heavy atom. The molecule has 1 unspecified atom stereocenters. The normalized spacial score (nSPS) is 17.2. The predicted octanol–water partition coefficient (Wildman–Crippen LogP) is 3.61. The molecule has 3 nitrogen and oxygen atoms in total. The average Bonchev–Trinajstić information content (AvgIpc) is 2.40. The van der Waals surface area contributed by atoms with E-state index in [1.807, 2.05) is 20.9 Å². The number of hydrogen-bond donors (Lipinski definition) is 1. The second kappa shape index (κ2) is 7.77. The zero-order chi connectivity index (χ0) is 14.4. The smallest absolute Gasteiger partial charge is 0.176 e. The molecule has 0 amide bonds. The highest BCUT2D eigenvalue weighted by Gasteiger charge is 2.29. The zero-order valence-electron chi connectivity index (χ0n) is 12.9. The molecule has 1 saturated carbocycles. The van der Waals surface area contributed by atoms with Crippen LogP contribution in [0.1, 0.15) is 56.2 Å². The molecule has 1 aliphatic carbocycles. The first-order valence-electron chi connectivity index (χ1n) is 7.81. The van der Waals surface area contributed by atoms with Gasteiger partial charge < -0.3 is 14.8 Å². The third-order valence-electron chi connectivity index (χ3n) is 4.12. The lowest BCUT2D eigenvalue weighted by molar-refractivity contribution is -0.154. The monoisotopic (exact) mass is 277 g/mol. The maximum atomic E-state index is 5.79. The average molecular weight is 277 g/mol. The summed E-state index contributed by atoms with van der Waals surface area (Å²) in [5.74, 6) is 0.714. The predicted molar refractivity (Wildman–Crippen MR) is 81.9 cm³/mol. The Bertz CT molecular complexity index is 398. The molecule has 2 rings (SSSR count). The maximum Gasteiger partial charge on any atom is 0.176 e. The first-order valence-corrected chi connectivity index (χ1v) is 7.81. The molecule has 0 radical (unpaired) electrons. The maximum absolute atomic E-state index is 5.79. The fraction of sp³-hybridized carbons (Fsp3) is 0.647. The summed E-state index contributed by atoms with van der Waals surface area (Å²) in [5.41, 5.74) is 2.79. The summed E-state index contributed by atoms with van der Waals surface area (Å²) in [4.78, 5) is 0. The molecule has 0 spiro atoms. The third-order valence-corrected chi connectivity index (χ3v) is 4.12. The minimum atomic E-state index is -0.226. The lowest BCUT2D eigenvalue weighted by Gasteiger charge is -2.33. The van der Waals surface area contributed by atoms with Crippen molar-refractivity contribution in [3.63, 3.8) is 0 Å². The van der Waals surface area contributed by atoms with Gasteiger partial charge in [0.05, 0.1) is 6.04 Å². The Kier molecular flexibility index (Phi) is 6.02. The van der Waals surface area contributed by atoms with Crippen molar-refractivity contribution in [3.05, 3.63) is 35.4 Å². The van der Waals surface area contributed by atoms with Crippen molar-refractivity contribution >= 4 is 0 Å². The Hall–Kier alpha value is -0.900. The van der Waals surface area contributed by atoms with Crippen LogP contribution < -0.4 is 5.32 Å². The van der Waals surface area contributed by atoms with E-state index in [2.05, 4.69) is 29.6 Å². The number of rotatable bonds is 8. The molecule has 0 bridgehead atoms. The molecule has 1 aromatic rings. The molecule has 1 N–H and O–H groups in total. The van der Waals surface area contributed by atoms with Gasteiger partial charge >= 0.3 is 0 Å². The van der Waals surface area contributed by atoms with Crippen molar-refractivity contribution in [2.45, 2.75) is 51.4 Å². The van der Waals surface area contributed by atoms with Crippen LogP contribution in [0.25, 0.3) is 0 Å². The van der Waals surface area contributed by atoms with Gasteiger partial charge in [-0.15, -0.1) is 0 Å². The van der Waals surface area contributed by atoms with Crippen molar-refractivity contribution in [2.75, 3.05) is 20.3 Å². The summed E-state index contributed by atoms with van der Waals surface area (Å²) in [5, 5.41) is 3.38. The van der Waals surface area contributed by atoms with Gasteiger partial charge in [0.25, 0.3) is 0 Å². The topological polar surface area (TPSA) is 30.5 Å². The highest BCUT2D eigenvalue weighted by molar-refractivity contribution is 5.34. The Labute approximate surface area is 122 Å². The van der Waals surface area contributed by atoms with Crippen LogP contribution in [0.5, 0.6) is 0 Å². The molecule has 112 valence electrons. The standard InChI is InChI=1S/C17H27NO2/c1-4-19-17(20-5-2)16(18-3)15-12-7-6-11-14(15)13-9-8-10-13/h6-7,11-13,16-18H,4-5,8-10H2,1-3H3. The van der Waals surface area contributed by atoms with Crippen LogP contribution in [0.3, 0.4) is 0 Å². The van der Waals surface area contributed by atoms with Crippen molar-refractivity contribution in [1.82, 2.24) is 5.32 Å². The molecule has 20 heavy (non-hydrogen) atoms. The van der Waals surface area contributed by atoms with E-state index in [9.17, 15) is 0 Å². The molecule has 1 atom stereocenters.